The fourth-order valence-electron chi connectivity index (χ4n) is 4.17. The number of carboxylic acids is 2. The summed E-state index contributed by atoms with van der Waals surface area (Å²) in [7, 11) is 0. The van der Waals surface area contributed by atoms with Crippen molar-refractivity contribution in [2.45, 2.75) is 56.7 Å². The molecule has 2 N–H and O–H groups in total. The van der Waals surface area contributed by atoms with E-state index in [-0.39, 0.29) is 5.54 Å². The Labute approximate surface area is 219 Å². The highest BCUT2D eigenvalue weighted by Crippen LogP contribution is 2.40. The van der Waals surface area contributed by atoms with Crippen LogP contribution in [-0.2, 0) is 27.5 Å². The summed E-state index contributed by atoms with van der Waals surface area (Å²) in [5, 5.41) is 14.2. The Morgan fingerprint density at radius 2 is 1.46 bits per heavy atom. The molecule has 2 aliphatic heterocycles. The van der Waals surface area contributed by atoms with Gasteiger partial charge in [-0.3, -0.25) is 19.7 Å². The molecule has 15 heteroatoms. The fraction of sp³-hybridized carbons (Fsp3) is 0.458. The van der Waals surface area contributed by atoms with E-state index in [1.54, 1.807) is 6.20 Å². The van der Waals surface area contributed by atoms with Gasteiger partial charge < -0.3 is 15.1 Å². The van der Waals surface area contributed by atoms with E-state index in [2.05, 4.69) is 31.9 Å². The normalized spacial score (nSPS) is 17.1. The number of aliphatic carboxylic acids is 2. The van der Waals surface area contributed by atoms with Crippen molar-refractivity contribution in [1.82, 2.24) is 19.8 Å². The van der Waals surface area contributed by atoms with Gasteiger partial charge in [0.25, 0.3) is 0 Å². The molecule has 2 saturated heterocycles. The van der Waals surface area contributed by atoms with E-state index in [0.717, 1.165) is 50.2 Å². The minimum Gasteiger partial charge on any atom is -0.475 e. The molecule has 0 atom stereocenters. The SMILES string of the molecule is O=C(O)C(F)(F)F.O=C(O)C(F)(F)F.O=C1CCC2(CCN(Cc3ccccn3)CC2)N1Cc1cccnc1. The van der Waals surface area contributed by atoms with Crippen LogP contribution in [0.3, 0.4) is 0 Å². The number of nitrogens with zero attached hydrogens (tertiary/aromatic N) is 4. The Bertz CT molecular complexity index is 1070. The zero-order valence-electron chi connectivity index (χ0n) is 20.5. The summed E-state index contributed by atoms with van der Waals surface area (Å²) in [5.41, 5.74) is 2.27. The molecule has 4 heterocycles. The number of carbonyl (C=O) groups excluding carboxylic acids is 1. The highest BCUT2D eigenvalue weighted by molar-refractivity contribution is 5.79. The molecule has 0 aromatic carbocycles. The van der Waals surface area contributed by atoms with E-state index in [9.17, 15) is 31.1 Å². The lowest BCUT2D eigenvalue weighted by Crippen LogP contribution is -2.52. The lowest BCUT2D eigenvalue weighted by molar-refractivity contribution is -0.193. The molecular weight excluding hydrogens is 538 g/mol. The summed E-state index contributed by atoms with van der Waals surface area (Å²) in [6.45, 7) is 3.63. The van der Waals surface area contributed by atoms with E-state index in [1.807, 2.05) is 30.6 Å². The number of pyridine rings is 2. The Morgan fingerprint density at radius 1 is 0.872 bits per heavy atom. The molecule has 0 radical (unpaired) electrons. The third kappa shape index (κ3) is 9.81. The lowest BCUT2D eigenvalue weighted by Gasteiger charge is -2.45. The van der Waals surface area contributed by atoms with E-state index in [1.165, 1.54) is 0 Å². The second-order valence-corrected chi connectivity index (χ2v) is 8.77. The van der Waals surface area contributed by atoms with Crippen molar-refractivity contribution in [1.29, 1.82) is 0 Å². The largest absolute Gasteiger partial charge is 0.490 e. The molecule has 39 heavy (non-hydrogen) atoms. The van der Waals surface area contributed by atoms with Crippen LogP contribution in [0.2, 0.25) is 0 Å². The standard InChI is InChI=1S/C20H24N4O.2C2HF3O2/c25-19-6-7-20(24(19)15-17-4-3-10-21-14-17)8-12-23(13-9-20)16-18-5-1-2-11-22-18;2*3-2(4,5)1(6)7/h1-5,10-11,14H,6-9,12-13,15-16H2;2*(H,6,7). The van der Waals surface area contributed by atoms with Crippen molar-refractivity contribution in [3.05, 3.63) is 60.2 Å². The Kier molecular flexibility index (Phi) is 10.8. The second-order valence-electron chi connectivity index (χ2n) is 8.77. The van der Waals surface area contributed by atoms with Gasteiger partial charge in [-0.25, -0.2) is 9.59 Å². The summed E-state index contributed by atoms with van der Waals surface area (Å²) in [6, 6.07) is 10.1. The van der Waals surface area contributed by atoms with Crippen LogP contribution in [0.1, 0.15) is 36.9 Å². The topological polar surface area (TPSA) is 124 Å². The van der Waals surface area contributed by atoms with Gasteiger partial charge in [0.2, 0.25) is 5.91 Å². The summed E-state index contributed by atoms with van der Waals surface area (Å²) >= 11 is 0. The number of halogens is 6. The molecule has 9 nitrogen and oxygen atoms in total. The first-order chi connectivity index (χ1) is 18.1. The van der Waals surface area contributed by atoms with Gasteiger partial charge in [-0.05, 0) is 43.0 Å². The lowest BCUT2D eigenvalue weighted by atomic mass is 9.84. The molecule has 214 valence electrons. The van der Waals surface area contributed by atoms with Gasteiger partial charge >= 0.3 is 24.3 Å². The first-order valence-electron chi connectivity index (χ1n) is 11.6. The quantitative estimate of drug-likeness (QED) is 0.536. The Balaban J connectivity index is 0.000000317. The Hall–Kier alpha value is -3.75. The highest BCUT2D eigenvalue weighted by Gasteiger charge is 2.46. The molecule has 0 unspecified atom stereocenters. The number of aromatic nitrogens is 2. The maximum atomic E-state index is 12.5. The first kappa shape index (κ1) is 31.5. The maximum Gasteiger partial charge on any atom is 0.490 e. The van der Waals surface area contributed by atoms with Gasteiger partial charge in [-0.15, -0.1) is 0 Å². The van der Waals surface area contributed by atoms with Crippen LogP contribution in [0.15, 0.2) is 48.9 Å². The van der Waals surface area contributed by atoms with E-state index in [4.69, 9.17) is 19.8 Å². The van der Waals surface area contributed by atoms with Gasteiger partial charge in [-0.2, -0.15) is 26.3 Å². The Morgan fingerprint density at radius 3 is 1.92 bits per heavy atom. The monoisotopic (exact) mass is 564 g/mol. The highest BCUT2D eigenvalue weighted by atomic mass is 19.4. The van der Waals surface area contributed by atoms with E-state index >= 15 is 0 Å². The van der Waals surface area contributed by atoms with Gasteiger partial charge in [0.05, 0.1) is 5.69 Å². The average molecular weight is 564 g/mol. The number of alkyl halides is 6. The van der Waals surface area contributed by atoms with Gasteiger partial charge in [0.15, 0.2) is 0 Å². The molecule has 0 bridgehead atoms. The molecule has 2 aromatic rings. The minimum atomic E-state index is -5.08. The van der Waals surface area contributed by atoms with Crippen molar-refractivity contribution in [2.75, 3.05) is 13.1 Å². The maximum absolute atomic E-state index is 12.5. The summed E-state index contributed by atoms with van der Waals surface area (Å²) in [6.07, 6.45) is -0.898. The number of amides is 1. The van der Waals surface area contributed by atoms with Crippen molar-refractivity contribution in [3.63, 3.8) is 0 Å². The number of rotatable bonds is 4. The molecule has 2 aromatic heterocycles. The predicted molar refractivity (Wildman–Crippen MR) is 123 cm³/mol. The smallest absolute Gasteiger partial charge is 0.475 e. The van der Waals surface area contributed by atoms with Crippen molar-refractivity contribution in [2.24, 2.45) is 0 Å². The second kappa shape index (κ2) is 13.4. The third-order valence-electron chi connectivity index (χ3n) is 6.12. The molecule has 1 amide bonds. The number of hydrogen-bond acceptors (Lipinski definition) is 6. The van der Waals surface area contributed by atoms with Crippen LogP contribution < -0.4 is 0 Å². The van der Waals surface area contributed by atoms with E-state index < -0.39 is 24.3 Å². The van der Waals surface area contributed by atoms with E-state index in [0.29, 0.717) is 18.9 Å². The fourth-order valence-corrected chi connectivity index (χ4v) is 4.17. The zero-order valence-corrected chi connectivity index (χ0v) is 20.5. The van der Waals surface area contributed by atoms with Gasteiger partial charge in [0, 0.05) is 56.7 Å². The summed E-state index contributed by atoms with van der Waals surface area (Å²) in [5.74, 6) is -5.22. The third-order valence-corrected chi connectivity index (χ3v) is 6.12. The van der Waals surface area contributed by atoms with Crippen LogP contribution in [0.25, 0.3) is 0 Å². The summed E-state index contributed by atoms with van der Waals surface area (Å²) in [4.78, 5) is 43.5. The number of carboxylic acid groups (broad SMARTS) is 2. The number of piperidine rings is 1. The number of likely N-dealkylation sites (tertiary alicyclic amines) is 2. The first-order valence-corrected chi connectivity index (χ1v) is 11.6. The minimum absolute atomic E-state index is 0.0353. The molecule has 4 rings (SSSR count). The van der Waals surface area contributed by atoms with Crippen LogP contribution in [0.5, 0.6) is 0 Å². The molecule has 2 fully saturated rings. The van der Waals surface area contributed by atoms with Crippen LogP contribution >= 0.6 is 0 Å². The molecule has 0 aliphatic carbocycles. The van der Waals surface area contributed by atoms with Crippen molar-refractivity contribution >= 4 is 17.8 Å². The summed E-state index contributed by atoms with van der Waals surface area (Å²) < 4.78 is 63.5. The predicted octanol–water partition coefficient (Wildman–Crippen LogP) is 3.90. The van der Waals surface area contributed by atoms with Crippen LogP contribution in [0, 0.1) is 0 Å². The molecule has 1 spiro atoms. The average Bonchev–Trinajstić information content (AvgIpc) is 3.16. The number of carbonyl (C=O) groups is 3. The van der Waals surface area contributed by atoms with Crippen LogP contribution in [-0.4, -0.2) is 78.8 Å². The van der Waals surface area contributed by atoms with Crippen LogP contribution in [0.4, 0.5) is 26.3 Å². The molecule has 0 saturated carbocycles. The molecular formula is C24H26F6N4O5. The zero-order chi connectivity index (χ0) is 29.3. The van der Waals surface area contributed by atoms with Gasteiger partial charge in [0.1, 0.15) is 0 Å². The van der Waals surface area contributed by atoms with Crippen molar-refractivity contribution < 1.29 is 50.9 Å². The van der Waals surface area contributed by atoms with Gasteiger partial charge in [-0.1, -0.05) is 12.1 Å². The molecule has 2 aliphatic rings. The number of hydrogen-bond donors (Lipinski definition) is 2. The van der Waals surface area contributed by atoms with Crippen molar-refractivity contribution in [3.8, 4) is 0 Å².